The van der Waals surface area contributed by atoms with Crippen LogP contribution in [0.2, 0.25) is 5.15 Å². The first-order valence-electron chi connectivity index (χ1n) is 5.01. The predicted octanol–water partition coefficient (Wildman–Crippen LogP) is 2.40. The number of hydrogen-bond donors (Lipinski definition) is 0. The Hall–Kier alpha value is -1.09. The lowest BCUT2D eigenvalue weighted by Gasteiger charge is -2.02. The molecule has 2 rings (SSSR count). The van der Waals surface area contributed by atoms with E-state index in [1.54, 1.807) is 6.20 Å². The zero-order valence-electron chi connectivity index (χ0n) is 8.44. The third-order valence-electron chi connectivity index (χ3n) is 2.57. The lowest BCUT2D eigenvalue weighted by atomic mass is 10.1. The van der Waals surface area contributed by atoms with E-state index in [2.05, 4.69) is 4.98 Å². The van der Waals surface area contributed by atoms with Gasteiger partial charge in [-0.05, 0) is 25.0 Å². The maximum absolute atomic E-state index is 11.4. The van der Waals surface area contributed by atoms with Crippen molar-refractivity contribution in [1.82, 2.24) is 4.98 Å². The molecule has 3 nitrogen and oxygen atoms in total. The van der Waals surface area contributed by atoms with E-state index in [4.69, 9.17) is 16.3 Å². The molecule has 1 fully saturated rings. The zero-order chi connectivity index (χ0) is 10.8. The third kappa shape index (κ3) is 2.12. The van der Waals surface area contributed by atoms with E-state index in [0.717, 1.165) is 12.0 Å². The molecule has 0 spiro atoms. The third-order valence-corrected chi connectivity index (χ3v) is 2.88. The van der Waals surface area contributed by atoms with Crippen molar-refractivity contribution in [3.8, 4) is 0 Å². The molecule has 0 amide bonds. The fraction of sp³-hybridized carbons (Fsp3) is 0.455. The first-order chi connectivity index (χ1) is 7.24. The Morgan fingerprint density at radius 3 is 3.20 bits per heavy atom. The number of pyridine rings is 1. The van der Waals surface area contributed by atoms with Crippen LogP contribution in [-0.4, -0.2) is 17.6 Å². The van der Waals surface area contributed by atoms with Gasteiger partial charge in [-0.25, -0.2) is 4.98 Å². The van der Waals surface area contributed by atoms with Crippen molar-refractivity contribution in [3.05, 3.63) is 29.0 Å². The molecule has 0 saturated heterocycles. The summed E-state index contributed by atoms with van der Waals surface area (Å²) in [6.45, 7) is 2.25. The first kappa shape index (κ1) is 10.4. The van der Waals surface area contributed by atoms with E-state index in [1.807, 2.05) is 19.1 Å². The minimum atomic E-state index is -0.123. The Balaban J connectivity index is 2.05. The van der Waals surface area contributed by atoms with E-state index in [0.29, 0.717) is 11.8 Å². The Kier molecular flexibility index (Phi) is 2.91. The van der Waals surface area contributed by atoms with Gasteiger partial charge in [-0.3, -0.25) is 4.79 Å². The second-order valence-corrected chi connectivity index (χ2v) is 3.94. The van der Waals surface area contributed by atoms with Gasteiger partial charge in [-0.2, -0.15) is 0 Å². The molecule has 0 aromatic carbocycles. The largest absolute Gasteiger partial charge is 0.466 e. The van der Waals surface area contributed by atoms with Crippen molar-refractivity contribution < 1.29 is 9.53 Å². The fourth-order valence-electron chi connectivity index (χ4n) is 1.72. The molecular weight excluding hydrogens is 214 g/mol. The van der Waals surface area contributed by atoms with Crippen LogP contribution < -0.4 is 0 Å². The molecule has 2 atom stereocenters. The molecule has 1 aromatic heterocycles. The number of ether oxygens (including phenoxy) is 1. The van der Waals surface area contributed by atoms with Gasteiger partial charge in [-0.15, -0.1) is 0 Å². The van der Waals surface area contributed by atoms with Crippen molar-refractivity contribution in [1.29, 1.82) is 0 Å². The molecule has 4 heteroatoms. The van der Waals surface area contributed by atoms with E-state index in [-0.39, 0.29) is 17.8 Å². The molecule has 1 saturated carbocycles. The maximum atomic E-state index is 11.4. The number of halogens is 1. The van der Waals surface area contributed by atoms with Gasteiger partial charge in [-0.1, -0.05) is 17.7 Å². The average molecular weight is 226 g/mol. The van der Waals surface area contributed by atoms with Crippen molar-refractivity contribution >= 4 is 17.6 Å². The van der Waals surface area contributed by atoms with Gasteiger partial charge >= 0.3 is 5.97 Å². The van der Waals surface area contributed by atoms with Crippen LogP contribution in [-0.2, 0) is 9.53 Å². The molecule has 1 aliphatic carbocycles. The highest BCUT2D eigenvalue weighted by Gasteiger charge is 2.46. The van der Waals surface area contributed by atoms with Crippen LogP contribution in [0.5, 0.6) is 0 Å². The van der Waals surface area contributed by atoms with Gasteiger partial charge in [0.1, 0.15) is 5.15 Å². The maximum Gasteiger partial charge on any atom is 0.309 e. The quantitative estimate of drug-likeness (QED) is 0.586. The summed E-state index contributed by atoms with van der Waals surface area (Å²) in [4.78, 5) is 15.4. The van der Waals surface area contributed by atoms with Crippen LogP contribution >= 0.6 is 11.6 Å². The molecule has 0 aliphatic heterocycles. The van der Waals surface area contributed by atoms with Crippen LogP contribution in [0.25, 0.3) is 0 Å². The van der Waals surface area contributed by atoms with Crippen molar-refractivity contribution in [2.75, 3.05) is 6.61 Å². The summed E-state index contributed by atoms with van der Waals surface area (Å²) in [5.41, 5.74) is 0.956. The summed E-state index contributed by atoms with van der Waals surface area (Å²) < 4.78 is 4.95. The Bertz CT molecular complexity index is 381. The van der Waals surface area contributed by atoms with Gasteiger partial charge in [0, 0.05) is 12.1 Å². The van der Waals surface area contributed by atoms with Gasteiger partial charge in [0.05, 0.1) is 12.5 Å². The van der Waals surface area contributed by atoms with Gasteiger partial charge in [0.15, 0.2) is 0 Å². The number of hydrogen-bond acceptors (Lipinski definition) is 3. The summed E-state index contributed by atoms with van der Waals surface area (Å²) in [6, 6.07) is 3.75. The van der Waals surface area contributed by atoms with Gasteiger partial charge < -0.3 is 4.74 Å². The van der Waals surface area contributed by atoms with Crippen LogP contribution in [0.3, 0.4) is 0 Å². The summed E-state index contributed by atoms with van der Waals surface area (Å²) in [6.07, 6.45) is 2.47. The highest BCUT2D eigenvalue weighted by atomic mass is 35.5. The fourth-order valence-corrected chi connectivity index (χ4v) is 1.98. The van der Waals surface area contributed by atoms with Gasteiger partial charge in [0.2, 0.25) is 0 Å². The monoisotopic (exact) mass is 225 g/mol. The normalized spacial score (nSPS) is 23.6. The van der Waals surface area contributed by atoms with Crippen molar-refractivity contribution in [3.63, 3.8) is 0 Å². The van der Waals surface area contributed by atoms with Crippen LogP contribution in [0.4, 0.5) is 0 Å². The highest BCUT2D eigenvalue weighted by molar-refractivity contribution is 6.30. The average Bonchev–Trinajstić information content (AvgIpc) is 2.98. The SMILES string of the molecule is CCOC(=O)[C@H]1C[C@@H]1c1cccnc1Cl. The molecule has 0 N–H and O–H groups in total. The molecule has 0 radical (unpaired) electrons. The van der Waals surface area contributed by atoms with Crippen molar-refractivity contribution in [2.24, 2.45) is 5.92 Å². The van der Waals surface area contributed by atoms with Gasteiger partial charge in [0.25, 0.3) is 0 Å². The topological polar surface area (TPSA) is 39.2 Å². The number of nitrogens with zero attached hydrogens (tertiary/aromatic N) is 1. The molecule has 0 bridgehead atoms. The lowest BCUT2D eigenvalue weighted by Crippen LogP contribution is -2.07. The smallest absolute Gasteiger partial charge is 0.309 e. The van der Waals surface area contributed by atoms with E-state index in [9.17, 15) is 4.79 Å². The Morgan fingerprint density at radius 2 is 2.53 bits per heavy atom. The molecule has 15 heavy (non-hydrogen) atoms. The summed E-state index contributed by atoms with van der Waals surface area (Å²) in [5.74, 6) is 0.0549. The van der Waals surface area contributed by atoms with E-state index < -0.39 is 0 Å². The lowest BCUT2D eigenvalue weighted by molar-refractivity contribution is -0.144. The van der Waals surface area contributed by atoms with Crippen LogP contribution in [0.1, 0.15) is 24.8 Å². The number of carbonyl (C=O) groups excluding carboxylic acids is 1. The second kappa shape index (κ2) is 4.19. The summed E-state index contributed by atoms with van der Waals surface area (Å²) >= 11 is 5.94. The highest BCUT2D eigenvalue weighted by Crippen LogP contribution is 2.49. The molecule has 80 valence electrons. The minimum Gasteiger partial charge on any atom is -0.466 e. The van der Waals surface area contributed by atoms with Crippen LogP contribution in [0, 0.1) is 5.92 Å². The number of esters is 1. The van der Waals surface area contributed by atoms with E-state index in [1.165, 1.54) is 0 Å². The summed E-state index contributed by atoms with van der Waals surface area (Å²) in [7, 11) is 0. The molecular formula is C11H12ClNO2. The number of carbonyl (C=O) groups is 1. The van der Waals surface area contributed by atoms with Crippen molar-refractivity contribution in [2.45, 2.75) is 19.3 Å². The first-order valence-corrected chi connectivity index (χ1v) is 5.39. The zero-order valence-corrected chi connectivity index (χ0v) is 9.20. The molecule has 1 aliphatic rings. The van der Waals surface area contributed by atoms with E-state index >= 15 is 0 Å². The van der Waals surface area contributed by atoms with Crippen LogP contribution in [0.15, 0.2) is 18.3 Å². The Morgan fingerprint density at radius 1 is 1.73 bits per heavy atom. The molecule has 1 aromatic rings. The minimum absolute atomic E-state index is 0.0216. The second-order valence-electron chi connectivity index (χ2n) is 3.58. The Labute approximate surface area is 93.4 Å². The number of aromatic nitrogens is 1. The number of rotatable bonds is 3. The molecule has 0 unspecified atom stereocenters. The predicted molar refractivity (Wildman–Crippen MR) is 56.7 cm³/mol. The standard InChI is InChI=1S/C11H12ClNO2/c1-2-15-11(14)9-6-8(9)7-4-3-5-13-10(7)12/h3-5,8-9H,2,6H2,1H3/t8-,9+/m1/s1. The summed E-state index contributed by atoms with van der Waals surface area (Å²) in [5, 5.41) is 0.495. The molecule has 1 heterocycles.